The van der Waals surface area contributed by atoms with Crippen molar-refractivity contribution in [3.8, 4) is 0 Å². The van der Waals surface area contributed by atoms with Gasteiger partial charge in [0.1, 0.15) is 11.9 Å². The van der Waals surface area contributed by atoms with Crippen LogP contribution in [0.4, 0.5) is 0 Å². The molecule has 8 heteroatoms. The van der Waals surface area contributed by atoms with E-state index in [0.717, 1.165) is 29.5 Å². The van der Waals surface area contributed by atoms with Gasteiger partial charge in [-0.1, -0.05) is 46.1 Å². The van der Waals surface area contributed by atoms with E-state index >= 15 is 0 Å². The number of thioether (sulfide) groups is 1. The number of unbranched alkanes of at least 4 members (excludes halogenated alkanes) is 4. The smallest absolute Gasteiger partial charge is 0.263 e. The highest BCUT2D eigenvalue weighted by molar-refractivity contribution is 7.99. The molecule has 3 fully saturated rings. The van der Waals surface area contributed by atoms with Crippen LogP contribution < -0.4 is 16.2 Å². The summed E-state index contributed by atoms with van der Waals surface area (Å²) in [7, 11) is 0. The van der Waals surface area contributed by atoms with Gasteiger partial charge < -0.3 is 5.32 Å². The summed E-state index contributed by atoms with van der Waals surface area (Å²) in [4.78, 5) is 43.2. The number of hydrogen-bond donors (Lipinski definition) is 2. The molecule has 2 amide bonds. The Labute approximate surface area is 236 Å². The third-order valence-corrected chi connectivity index (χ3v) is 11.5. The molecule has 2 saturated carbocycles. The molecule has 1 aromatic heterocycles. The van der Waals surface area contributed by atoms with Crippen molar-refractivity contribution in [3.63, 3.8) is 0 Å². The minimum Gasteiger partial charge on any atom is -0.313 e. The molecule has 2 aromatic rings. The van der Waals surface area contributed by atoms with E-state index in [9.17, 15) is 14.4 Å². The number of aromatic nitrogens is 2. The summed E-state index contributed by atoms with van der Waals surface area (Å²) in [6.07, 6.45) is 10.7. The molecule has 7 nitrogen and oxygen atoms in total. The first kappa shape index (κ1) is 28.3. The number of rotatable bonds is 11. The molecular formula is C31H44N4O3S. The number of hydrogen-bond acceptors (Lipinski definition) is 6. The summed E-state index contributed by atoms with van der Waals surface area (Å²) in [5.41, 5.74) is 1.39. The Bertz CT molecular complexity index is 1300. The second-order valence-corrected chi connectivity index (χ2v) is 13.8. The Morgan fingerprint density at radius 1 is 1.08 bits per heavy atom. The third-order valence-electron chi connectivity index (χ3n) is 10.4. The van der Waals surface area contributed by atoms with Crippen LogP contribution >= 0.6 is 11.8 Å². The van der Waals surface area contributed by atoms with Gasteiger partial charge in [-0.25, -0.2) is 4.98 Å². The Balaban J connectivity index is 1.09. The second kappa shape index (κ2) is 11.4. The molecule has 1 unspecified atom stereocenters. The topological polar surface area (TPSA) is 93.1 Å². The SMILES string of the molecule is Cc1nc2cccc(SCCCCCCCNC3C[C@H]4CC[C@]3(C)C4(C)C)c2c(=O)n1[C@H]1CCC(=O)NC1=O. The number of fused-ring (bicyclic) bond motifs is 3. The lowest BCUT2D eigenvalue weighted by Crippen LogP contribution is -2.45. The molecule has 4 atom stereocenters. The van der Waals surface area contributed by atoms with E-state index < -0.39 is 11.9 Å². The molecule has 1 aromatic carbocycles. The maximum atomic E-state index is 13.6. The van der Waals surface area contributed by atoms with Crippen LogP contribution in [-0.2, 0) is 9.59 Å². The lowest BCUT2D eigenvalue weighted by Gasteiger charge is -2.39. The van der Waals surface area contributed by atoms with Gasteiger partial charge in [-0.05, 0) is 86.6 Å². The minimum atomic E-state index is -0.696. The van der Waals surface area contributed by atoms with Crippen molar-refractivity contribution >= 4 is 34.5 Å². The minimum absolute atomic E-state index is 0.199. The average molecular weight is 553 g/mol. The van der Waals surface area contributed by atoms with E-state index in [-0.39, 0.29) is 17.9 Å². The molecular weight excluding hydrogens is 508 g/mol. The number of nitrogens with zero attached hydrogens (tertiary/aromatic N) is 2. The number of imide groups is 1. The van der Waals surface area contributed by atoms with Crippen molar-refractivity contribution in [2.45, 2.75) is 109 Å². The molecule has 1 aliphatic heterocycles. The lowest BCUT2D eigenvalue weighted by molar-refractivity contribution is -0.135. The van der Waals surface area contributed by atoms with Crippen LogP contribution in [0.15, 0.2) is 27.9 Å². The van der Waals surface area contributed by atoms with Gasteiger partial charge in [0.05, 0.1) is 10.9 Å². The Kier molecular flexibility index (Phi) is 8.25. The molecule has 2 heterocycles. The number of piperidine rings is 1. The molecule has 0 spiro atoms. The Morgan fingerprint density at radius 2 is 1.85 bits per heavy atom. The second-order valence-electron chi connectivity index (χ2n) is 12.7. The average Bonchev–Trinajstić information content (AvgIpc) is 3.22. The summed E-state index contributed by atoms with van der Waals surface area (Å²) in [6.45, 7) is 10.3. The number of nitrogens with one attached hydrogen (secondary N) is 2. The van der Waals surface area contributed by atoms with Gasteiger partial charge in [-0.2, -0.15) is 0 Å². The molecule has 0 radical (unpaired) electrons. The molecule has 1 saturated heterocycles. The maximum Gasteiger partial charge on any atom is 0.263 e. The van der Waals surface area contributed by atoms with Crippen molar-refractivity contribution in [2.75, 3.05) is 12.3 Å². The lowest BCUT2D eigenvalue weighted by atomic mass is 9.69. The highest BCUT2D eigenvalue weighted by Crippen LogP contribution is 2.65. The van der Waals surface area contributed by atoms with Crippen LogP contribution in [0.2, 0.25) is 0 Å². The predicted molar refractivity (Wildman–Crippen MR) is 157 cm³/mol. The highest BCUT2D eigenvalue weighted by atomic mass is 32.2. The first-order chi connectivity index (χ1) is 18.6. The first-order valence-corrected chi connectivity index (χ1v) is 15.8. The zero-order valence-corrected chi connectivity index (χ0v) is 24.8. The molecule has 2 aliphatic carbocycles. The first-order valence-electron chi connectivity index (χ1n) is 14.9. The standard InChI is InChI=1S/C31H44N4O3S/c1-20-33-22-11-10-12-24(27(22)29(38)35(20)23-13-14-26(36)34-28(23)37)39-18-9-7-5-6-8-17-32-25-19-21-15-16-31(25,4)30(21,2)3/h10-12,21,23,25,32H,5-9,13-19H2,1-4H3,(H,34,36,37)/t21-,23+,25?,31+/m1/s1. The van der Waals surface area contributed by atoms with E-state index in [0.29, 0.717) is 40.0 Å². The molecule has 2 bridgehead atoms. The highest BCUT2D eigenvalue weighted by Gasteiger charge is 2.60. The molecule has 5 rings (SSSR count). The van der Waals surface area contributed by atoms with Crippen LogP contribution in [0.3, 0.4) is 0 Å². The molecule has 3 aliphatic rings. The van der Waals surface area contributed by atoms with Gasteiger partial charge in [-0.15, -0.1) is 11.8 Å². The summed E-state index contributed by atoms with van der Waals surface area (Å²) in [5.74, 6) is 1.62. The number of carbonyl (C=O) groups excluding carboxylic acids is 2. The zero-order valence-electron chi connectivity index (χ0n) is 24.0. The van der Waals surface area contributed by atoms with Crippen molar-refractivity contribution < 1.29 is 9.59 Å². The monoisotopic (exact) mass is 552 g/mol. The fourth-order valence-corrected chi connectivity index (χ4v) is 8.55. The van der Waals surface area contributed by atoms with Gasteiger partial charge in [0.25, 0.3) is 5.56 Å². The van der Waals surface area contributed by atoms with E-state index in [2.05, 4.69) is 36.4 Å². The fraction of sp³-hybridized carbons (Fsp3) is 0.677. The Morgan fingerprint density at radius 3 is 2.56 bits per heavy atom. The van der Waals surface area contributed by atoms with Crippen LogP contribution in [0.5, 0.6) is 0 Å². The van der Waals surface area contributed by atoms with E-state index in [1.54, 1.807) is 18.7 Å². The van der Waals surface area contributed by atoms with Crippen molar-refractivity contribution in [3.05, 3.63) is 34.4 Å². The summed E-state index contributed by atoms with van der Waals surface area (Å²) in [6, 6.07) is 5.76. The van der Waals surface area contributed by atoms with E-state index in [1.165, 1.54) is 49.5 Å². The molecule has 212 valence electrons. The van der Waals surface area contributed by atoms with Crippen molar-refractivity contribution in [2.24, 2.45) is 16.7 Å². The number of carbonyl (C=O) groups is 2. The van der Waals surface area contributed by atoms with Crippen LogP contribution in [-0.4, -0.2) is 39.7 Å². The summed E-state index contributed by atoms with van der Waals surface area (Å²) in [5, 5.41) is 6.84. The quantitative estimate of drug-likeness (QED) is 0.216. The van der Waals surface area contributed by atoms with Crippen LogP contribution in [0.1, 0.15) is 96.8 Å². The summed E-state index contributed by atoms with van der Waals surface area (Å²) < 4.78 is 1.47. The number of aryl methyl sites for hydroxylation is 1. The molecule has 39 heavy (non-hydrogen) atoms. The van der Waals surface area contributed by atoms with Crippen LogP contribution in [0, 0.1) is 23.7 Å². The normalized spacial score (nSPS) is 27.8. The number of amides is 2. The largest absolute Gasteiger partial charge is 0.313 e. The van der Waals surface area contributed by atoms with Gasteiger partial charge in [0, 0.05) is 17.4 Å². The van der Waals surface area contributed by atoms with Crippen molar-refractivity contribution in [1.82, 2.24) is 20.2 Å². The predicted octanol–water partition coefficient (Wildman–Crippen LogP) is 5.53. The maximum absolute atomic E-state index is 13.6. The van der Waals surface area contributed by atoms with Gasteiger partial charge in [-0.3, -0.25) is 24.3 Å². The summed E-state index contributed by atoms with van der Waals surface area (Å²) >= 11 is 1.70. The number of benzene rings is 1. The third kappa shape index (κ3) is 5.31. The zero-order chi connectivity index (χ0) is 27.8. The van der Waals surface area contributed by atoms with Gasteiger partial charge in [0.15, 0.2) is 0 Å². The fourth-order valence-electron chi connectivity index (χ4n) is 7.47. The van der Waals surface area contributed by atoms with Crippen molar-refractivity contribution in [1.29, 1.82) is 0 Å². The van der Waals surface area contributed by atoms with E-state index in [4.69, 9.17) is 0 Å². The van der Waals surface area contributed by atoms with Crippen LogP contribution in [0.25, 0.3) is 10.9 Å². The van der Waals surface area contributed by atoms with Gasteiger partial charge >= 0.3 is 0 Å². The van der Waals surface area contributed by atoms with E-state index in [1.807, 2.05) is 18.2 Å². The van der Waals surface area contributed by atoms with Gasteiger partial charge in [0.2, 0.25) is 11.8 Å². The molecule has 2 N–H and O–H groups in total. The Hall–Kier alpha value is -2.19.